The minimum absolute atomic E-state index is 0.355. The van der Waals surface area contributed by atoms with Gasteiger partial charge in [-0.1, -0.05) is 6.92 Å². The fourth-order valence-corrected chi connectivity index (χ4v) is 4.31. The summed E-state index contributed by atoms with van der Waals surface area (Å²) < 4.78 is 6.72. The van der Waals surface area contributed by atoms with Gasteiger partial charge in [0.05, 0.1) is 18.3 Å². The molecule has 1 fully saturated rings. The van der Waals surface area contributed by atoms with Crippen LogP contribution in [0.1, 0.15) is 50.0 Å². The number of hydrogen-bond donors (Lipinski definition) is 1. The van der Waals surface area contributed by atoms with Crippen molar-refractivity contribution in [3.8, 4) is 0 Å². The molecule has 1 aromatic rings. The van der Waals surface area contributed by atoms with E-state index in [9.17, 15) is 14.7 Å². The Morgan fingerprint density at radius 1 is 1.41 bits per heavy atom. The Hall–Kier alpha value is -1.62. The van der Waals surface area contributed by atoms with Gasteiger partial charge in [-0.2, -0.15) is 0 Å². The van der Waals surface area contributed by atoms with Crippen molar-refractivity contribution in [1.29, 1.82) is 0 Å². The molecule has 5 nitrogen and oxygen atoms in total. The normalized spacial score (nSPS) is 37.9. The van der Waals surface area contributed by atoms with Crippen molar-refractivity contribution in [3.05, 3.63) is 24.0 Å². The first-order chi connectivity index (χ1) is 10.3. The number of aliphatic hydroxyl groups is 1. The summed E-state index contributed by atoms with van der Waals surface area (Å²) in [4.78, 5) is 24.9. The van der Waals surface area contributed by atoms with Crippen molar-refractivity contribution >= 4 is 11.8 Å². The molecule has 2 heterocycles. The number of aromatic nitrogens is 1. The van der Waals surface area contributed by atoms with Crippen LogP contribution in [0.4, 0.5) is 0 Å². The van der Waals surface area contributed by atoms with E-state index in [1.54, 1.807) is 13.0 Å². The number of fused-ring (bicyclic) bond motifs is 2. The standard InChI is InChI=1S/C17H23NO4/c1-11-6-8-17(9-7-11)16(2,21)13(15(20)22-3)14(19)12-5-4-10-18(12)17/h4-5,10-11,13,21H,6-9H2,1-3H3/t11-,13?,16?,17+. The molecule has 1 aliphatic heterocycles. The molecular weight excluding hydrogens is 282 g/mol. The molecule has 3 rings (SSSR count). The smallest absolute Gasteiger partial charge is 0.319 e. The summed E-state index contributed by atoms with van der Waals surface area (Å²) in [5, 5.41) is 11.3. The number of hydrogen-bond acceptors (Lipinski definition) is 4. The minimum atomic E-state index is -1.46. The zero-order valence-corrected chi connectivity index (χ0v) is 13.3. The summed E-state index contributed by atoms with van der Waals surface area (Å²) in [5.41, 5.74) is -1.58. The van der Waals surface area contributed by atoms with Gasteiger partial charge >= 0.3 is 5.97 Å². The lowest BCUT2D eigenvalue weighted by atomic mass is 9.60. The predicted molar refractivity (Wildman–Crippen MR) is 80.5 cm³/mol. The number of ether oxygens (including phenoxy) is 1. The Morgan fingerprint density at radius 3 is 2.64 bits per heavy atom. The van der Waals surface area contributed by atoms with Crippen LogP contribution in [0.2, 0.25) is 0 Å². The molecule has 2 unspecified atom stereocenters. The average molecular weight is 305 g/mol. The number of nitrogens with zero attached hydrogens (tertiary/aromatic N) is 1. The molecule has 0 saturated heterocycles. The maximum absolute atomic E-state index is 12.7. The zero-order chi connectivity index (χ0) is 16.1. The van der Waals surface area contributed by atoms with Gasteiger partial charge in [-0.15, -0.1) is 0 Å². The molecule has 1 saturated carbocycles. The Balaban J connectivity index is 2.18. The lowest BCUT2D eigenvalue weighted by molar-refractivity contribution is -0.167. The van der Waals surface area contributed by atoms with Crippen LogP contribution in [0, 0.1) is 11.8 Å². The maximum atomic E-state index is 12.7. The third kappa shape index (κ3) is 1.81. The lowest BCUT2D eigenvalue weighted by Gasteiger charge is -2.55. The molecule has 1 aliphatic carbocycles. The summed E-state index contributed by atoms with van der Waals surface area (Å²) in [5.74, 6) is -1.57. The molecule has 120 valence electrons. The molecule has 1 N–H and O–H groups in total. The van der Waals surface area contributed by atoms with E-state index in [0.29, 0.717) is 11.6 Å². The molecule has 0 radical (unpaired) electrons. The van der Waals surface area contributed by atoms with E-state index in [4.69, 9.17) is 4.74 Å². The van der Waals surface area contributed by atoms with Crippen LogP contribution in [0.5, 0.6) is 0 Å². The number of rotatable bonds is 1. The summed E-state index contributed by atoms with van der Waals surface area (Å²) >= 11 is 0. The third-order valence-corrected chi connectivity index (χ3v) is 5.77. The fourth-order valence-electron chi connectivity index (χ4n) is 4.31. The third-order valence-electron chi connectivity index (χ3n) is 5.77. The molecule has 0 amide bonds. The molecule has 1 aromatic heterocycles. The number of esters is 1. The highest BCUT2D eigenvalue weighted by Crippen LogP contribution is 2.52. The predicted octanol–water partition coefficient (Wildman–Crippen LogP) is 2.13. The van der Waals surface area contributed by atoms with E-state index in [1.807, 2.05) is 16.8 Å². The first-order valence-electron chi connectivity index (χ1n) is 7.87. The monoisotopic (exact) mass is 305 g/mol. The maximum Gasteiger partial charge on any atom is 0.319 e. The summed E-state index contributed by atoms with van der Waals surface area (Å²) in [6, 6.07) is 3.54. The van der Waals surface area contributed by atoms with Gasteiger partial charge in [0.25, 0.3) is 0 Å². The van der Waals surface area contributed by atoms with Crippen LogP contribution in [0.25, 0.3) is 0 Å². The average Bonchev–Trinajstić information content (AvgIpc) is 2.97. The van der Waals surface area contributed by atoms with E-state index in [1.165, 1.54) is 7.11 Å². The molecule has 2 aliphatic rings. The topological polar surface area (TPSA) is 68.5 Å². The number of methoxy groups -OCH3 is 1. The summed E-state index contributed by atoms with van der Waals surface area (Å²) in [7, 11) is 1.26. The Labute approximate surface area is 130 Å². The first-order valence-corrected chi connectivity index (χ1v) is 7.87. The Kier molecular flexibility index (Phi) is 3.44. The second-order valence-corrected chi connectivity index (χ2v) is 6.95. The zero-order valence-electron chi connectivity index (χ0n) is 13.3. The van der Waals surface area contributed by atoms with Gasteiger partial charge in [0.15, 0.2) is 11.7 Å². The second-order valence-electron chi connectivity index (χ2n) is 6.95. The van der Waals surface area contributed by atoms with Crippen molar-refractivity contribution in [2.45, 2.75) is 50.7 Å². The quantitative estimate of drug-likeness (QED) is 0.637. The number of carbonyl (C=O) groups excluding carboxylic acids is 2. The van der Waals surface area contributed by atoms with Crippen LogP contribution in [0.15, 0.2) is 18.3 Å². The highest BCUT2D eigenvalue weighted by atomic mass is 16.5. The van der Waals surface area contributed by atoms with Crippen LogP contribution in [-0.2, 0) is 15.1 Å². The van der Waals surface area contributed by atoms with Crippen LogP contribution >= 0.6 is 0 Å². The number of carbonyl (C=O) groups is 2. The molecule has 2 atom stereocenters. The van der Waals surface area contributed by atoms with Gasteiger partial charge < -0.3 is 14.4 Å². The van der Waals surface area contributed by atoms with Crippen LogP contribution in [0.3, 0.4) is 0 Å². The van der Waals surface area contributed by atoms with Crippen LogP contribution < -0.4 is 0 Å². The molecule has 0 bridgehead atoms. The largest absolute Gasteiger partial charge is 0.468 e. The van der Waals surface area contributed by atoms with Gasteiger partial charge in [-0.3, -0.25) is 9.59 Å². The van der Waals surface area contributed by atoms with Crippen LogP contribution in [-0.4, -0.2) is 34.1 Å². The number of Topliss-reactive ketones (excluding diaryl/α,β-unsaturated/α-hetero) is 1. The molecule has 1 spiro atoms. The molecule has 5 heteroatoms. The minimum Gasteiger partial charge on any atom is -0.468 e. The van der Waals surface area contributed by atoms with Crippen molar-refractivity contribution in [2.24, 2.45) is 11.8 Å². The van der Waals surface area contributed by atoms with E-state index in [-0.39, 0.29) is 5.78 Å². The van der Waals surface area contributed by atoms with Crippen molar-refractivity contribution < 1.29 is 19.4 Å². The Bertz CT molecular complexity index is 608. The highest BCUT2D eigenvalue weighted by Gasteiger charge is 2.62. The van der Waals surface area contributed by atoms with Gasteiger partial charge in [0.2, 0.25) is 0 Å². The van der Waals surface area contributed by atoms with Crippen molar-refractivity contribution in [1.82, 2.24) is 4.57 Å². The van der Waals surface area contributed by atoms with E-state index < -0.39 is 23.0 Å². The lowest BCUT2D eigenvalue weighted by Crippen LogP contribution is -2.66. The van der Waals surface area contributed by atoms with E-state index in [2.05, 4.69) is 6.92 Å². The van der Waals surface area contributed by atoms with Crippen molar-refractivity contribution in [2.75, 3.05) is 7.11 Å². The van der Waals surface area contributed by atoms with Gasteiger partial charge in [-0.05, 0) is 50.7 Å². The number of ketones is 1. The summed E-state index contributed by atoms with van der Waals surface area (Å²) in [6.07, 6.45) is 5.30. The van der Waals surface area contributed by atoms with E-state index in [0.717, 1.165) is 25.7 Å². The van der Waals surface area contributed by atoms with Gasteiger partial charge in [0.1, 0.15) is 5.60 Å². The Morgan fingerprint density at radius 2 is 2.05 bits per heavy atom. The van der Waals surface area contributed by atoms with E-state index >= 15 is 0 Å². The molecule has 0 aromatic carbocycles. The summed E-state index contributed by atoms with van der Waals surface area (Å²) in [6.45, 7) is 3.81. The molecule has 22 heavy (non-hydrogen) atoms. The second kappa shape index (κ2) is 4.95. The molecular formula is C17H23NO4. The SMILES string of the molecule is COC(=O)C1C(=O)c2cccn2[C@]2(CC[C@@H](C)CC2)C1(C)O. The fraction of sp³-hybridized carbons (Fsp3) is 0.647. The van der Waals surface area contributed by atoms with Gasteiger partial charge in [-0.25, -0.2) is 0 Å². The van der Waals surface area contributed by atoms with Crippen molar-refractivity contribution in [3.63, 3.8) is 0 Å². The van der Waals surface area contributed by atoms with Gasteiger partial charge in [0, 0.05) is 6.20 Å². The first kappa shape index (κ1) is 15.3. The highest BCUT2D eigenvalue weighted by molar-refractivity contribution is 6.10.